The average Bonchev–Trinajstić information content (AvgIpc) is 2.59. The fourth-order valence-electron chi connectivity index (χ4n) is 2.97. The van der Waals surface area contributed by atoms with E-state index in [0.29, 0.717) is 19.8 Å². The highest BCUT2D eigenvalue weighted by Gasteiger charge is 2.30. The molecule has 3 N–H and O–H groups in total. The van der Waals surface area contributed by atoms with Crippen molar-refractivity contribution in [2.45, 2.75) is 38.8 Å². The van der Waals surface area contributed by atoms with Crippen LogP contribution in [0.5, 0.6) is 0 Å². The lowest BCUT2D eigenvalue weighted by atomic mass is 9.91. The van der Waals surface area contributed by atoms with Crippen molar-refractivity contribution in [2.75, 3.05) is 26.3 Å². The lowest BCUT2D eigenvalue weighted by Crippen LogP contribution is -2.50. The number of benzene rings is 1. The zero-order valence-corrected chi connectivity index (χ0v) is 15.3. The van der Waals surface area contributed by atoms with Crippen molar-refractivity contribution in [1.29, 1.82) is 0 Å². The van der Waals surface area contributed by atoms with Crippen LogP contribution >= 0.6 is 12.4 Å². The molecule has 2 atom stereocenters. The van der Waals surface area contributed by atoms with Crippen LogP contribution < -0.4 is 5.73 Å². The van der Waals surface area contributed by atoms with Crippen molar-refractivity contribution in [1.82, 2.24) is 4.90 Å². The number of carbonyl (C=O) groups is 1. The van der Waals surface area contributed by atoms with Crippen LogP contribution in [0.3, 0.4) is 0 Å². The highest BCUT2D eigenvalue weighted by atomic mass is 35.5. The summed E-state index contributed by atoms with van der Waals surface area (Å²) in [5.74, 6) is 0.0902. The van der Waals surface area contributed by atoms with Gasteiger partial charge in [0, 0.05) is 19.8 Å². The first-order valence-electron chi connectivity index (χ1n) is 8.39. The Bertz CT molecular complexity index is 503. The number of hydrogen-bond donors (Lipinski definition) is 2. The van der Waals surface area contributed by atoms with E-state index in [9.17, 15) is 9.90 Å². The molecule has 0 aliphatic carbocycles. The Balaban J connectivity index is 0.00000288. The monoisotopic (exact) mass is 356 g/mol. The molecular weight excluding hydrogens is 328 g/mol. The summed E-state index contributed by atoms with van der Waals surface area (Å²) in [5.41, 5.74) is 8.14. The number of likely N-dealkylation sites (N-methyl/N-ethyl adjacent to an activating group) is 1. The fourth-order valence-corrected chi connectivity index (χ4v) is 2.97. The lowest BCUT2D eigenvalue weighted by Gasteiger charge is -2.32. The Morgan fingerprint density at radius 3 is 2.46 bits per heavy atom. The lowest BCUT2D eigenvalue weighted by molar-refractivity contribution is -0.136. The van der Waals surface area contributed by atoms with Gasteiger partial charge >= 0.3 is 0 Å². The number of nitrogens with two attached hydrogens (primary N) is 1. The van der Waals surface area contributed by atoms with Crippen molar-refractivity contribution in [3.05, 3.63) is 35.4 Å². The molecule has 2 rings (SSSR count). The van der Waals surface area contributed by atoms with E-state index in [4.69, 9.17) is 10.5 Å². The van der Waals surface area contributed by atoms with E-state index in [1.165, 1.54) is 0 Å². The third-order valence-electron chi connectivity index (χ3n) is 4.61. The molecule has 1 aliphatic rings. The quantitative estimate of drug-likeness (QED) is 0.818. The highest BCUT2D eigenvalue weighted by molar-refractivity contribution is 5.85. The molecule has 0 aromatic heterocycles. The maximum absolute atomic E-state index is 12.6. The molecule has 0 bridgehead atoms. The van der Waals surface area contributed by atoms with Gasteiger partial charge in [-0.25, -0.2) is 0 Å². The van der Waals surface area contributed by atoms with Gasteiger partial charge in [-0.2, -0.15) is 0 Å². The summed E-state index contributed by atoms with van der Waals surface area (Å²) in [6.45, 7) is 6.07. The highest BCUT2D eigenvalue weighted by Crippen LogP contribution is 2.20. The van der Waals surface area contributed by atoms with Crippen LogP contribution in [0.4, 0.5) is 0 Å². The molecule has 6 heteroatoms. The summed E-state index contributed by atoms with van der Waals surface area (Å²) in [7, 11) is 0. The molecule has 1 aromatic carbocycles. The summed E-state index contributed by atoms with van der Waals surface area (Å²) in [6, 6.07) is 7.21. The van der Waals surface area contributed by atoms with Gasteiger partial charge < -0.3 is 20.5 Å². The maximum atomic E-state index is 12.6. The summed E-state index contributed by atoms with van der Waals surface area (Å²) in [5, 5.41) is 10.4. The van der Waals surface area contributed by atoms with Gasteiger partial charge in [0.15, 0.2) is 0 Å². The number of rotatable bonds is 6. The molecular formula is C18H29ClN2O3. The molecule has 0 spiro atoms. The number of aryl methyl sites for hydroxylation is 1. The predicted octanol–water partition coefficient (Wildman–Crippen LogP) is 2.05. The summed E-state index contributed by atoms with van der Waals surface area (Å²) in [4.78, 5) is 14.3. The fraction of sp³-hybridized carbons (Fsp3) is 0.611. The van der Waals surface area contributed by atoms with Crippen LogP contribution in [0.1, 0.15) is 37.0 Å². The molecule has 136 valence electrons. The normalized spacial score (nSPS) is 17.7. The number of halogens is 1. The third kappa shape index (κ3) is 5.45. The minimum absolute atomic E-state index is 0. The Kier molecular flexibility index (Phi) is 8.70. The van der Waals surface area contributed by atoms with E-state index in [1.54, 1.807) is 4.90 Å². The predicted molar refractivity (Wildman–Crippen MR) is 97.2 cm³/mol. The van der Waals surface area contributed by atoms with Gasteiger partial charge in [-0.05, 0) is 38.2 Å². The number of aliphatic hydroxyl groups is 1. The van der Waals surface area contributed by atoms with E-state index in [2.05, 4.69) is 0 Å². The zero-order chi connectivity index (χ0) is 16.8. The summed E-state index contributed by atoms with van der Waals surface area (Å²) < 4.78 is 5.33. The van der Waals surface area contributed by atoms with Crippen molar-refractivity contribution in [3.8, 4) is 0 Å². The molecule has 5 nitrogen and oxygen atoms in total. The van der Waals surface area contributed by atoms with Crippen LogP contribution in [0.15, 0.2) is 24.3 Å². The molecule has 24 heavy (non-hydrogen) atoms. The second kappa shape index (κ2) is 9.99. The van der Waals surface area contributed by atoms with Gasteiger partial charge in [0.2, 0.25) is 5.91 Å². The largest absolute Gasteiger partial charge is 0.387 e. The second-order valence-corrected chi connectivity index (χ2v) is 6.28. The number of aliphatic hydroxyl groups excluding tert-OH is 1. The van der Waals surface area contributed by atoms with Gasteiger partial charge in [0.05, 0.1) is 18.7 Å². The molecule has 1 saturated heterocycles. The van der Waals surface area contributed by atoms with Gasteiger partial charge in [0.25, 0.3) is 0 Å². The minimum atomic E-state index is -0.693. The Hall–Kier alpha value is -1.14. The van der Waals surface area contributed by atoms with Crippen molar-refractivity contribution in [2.24, 2.45) is 11.7 Å². The van der Waals surface area contributed by atoms with Gasteiger partial charge in [0.1, 0.15) is 0 Å². The SMILES string of the molecule is CCN(CC(O)c1ccc(C)cc1)C(=O)C(N)C1CCOCC1.Cl. The van der Waals surface area contributed by atoms with Gasteiger partial charge in [-0.3, -0.25) is 4.79 Å². The molecule has 1 aliphatic heterocycles. The van der Waals surface area contributed by atoms with Crippen LogP contribution in [-0.2, 0) is 9.53 Å². The first-order chi connectivity index (χ1) is 11.0. The molecule has 0 radical (unpaired) electrons. The number of hydrogen-bond acceptors (Lipinski definition) is 4. The van der Waals surface area contributed by atoms with Crippen LogP contribution in [-0.4, -0.2) is 48.3 Å². The first kappa shape index (κ1) is 20.9. The number of ether oxygens (including phenoxy) is 1. The van der Waals surface area contributed by atoms with Crippen molar-refractivity contribution >= 4 is 18.3 Å². The summed E-state index contributed by atoms with van der Waals surface area (Å²) >= 11 is 0. The molecule has 1 aromatic rings. The molecule has 1 fully saturated rings. The third-order valence-corrected chi connectivity index (χ3v) is 4.61. The number of nitrogens with zero attached hydrogens (tertiary/aromatic N) is 1. The van der Waals surface area contributed by atoms with Crippen molar-refractivity contribution < 1.29 is 14.6 Å². The second-order valence-electron chi connectivity index (χ2n) is 6.28. The Morgan fingerprint density at radius 2 is 1.92 bits per heavy atom. The number of carbonyl (C=O) groups excluding carboxylic acids is 1. The standard InChI is InChI=1S/C18H28N2O3.ClH/c1-3-20(12-16(21)14-6-4-13(2)5-7-14)18(22)17(19)15-8-10-23-11-9-15;/h4-7,15-17,21H,3,8-12,19H2,1-2H3;1H. The topological polar surface area (TPSA) is 75.8 Å². The van der Waals surface area contributed by atoms with E-state index in [1.807, 2.05) is 38.1 Å². The van der Waals surface area contributed by atoms with E-state index >= 15 is 0 Å². The van der Waals surface area contributed by atoms with Crippen LogP contribution in [0.2, 0.25) is 0 Å². The smallest absolute Gasteiger partial charge is 0.239 e. The average molecular weight is 357 g/mol. The van der Waals surface area contributed by atoms with Gasteiger partial charge in [-0.15, -0.1) is 12.4 Å². The minimum Gasteiger partial charge on any atom is -0.387 e. The summed E-state index contributed by atoms with van der Waals surface area (Å²) in [6.07, 6.45) is 0.956. The number of amides is 1. The maximum Gasteiger partial charge on any atom is 0.239 e. The molecule has 1 heterocycles. The molecule has 1 amide bonds. The van der Waals surface area contributed by atoms with Crippen LogP contribution in [0.25, 0.3) is 0 Å². The first-order valence-corrected chi connectivity index (χ1v) is 8.39. The van der Waals surface area contributed by atoms with E-state index in [-0.39, 0.29) is 30.8 Å². The Labute approximate surface area is 150 Å². The van der Waals surface area contributed by atoms with Gasteiger partial charge in [-0.1, -0.05) is 29.8 Å². The van der Waals surface area contributed by atoms with Crippen LogP contribution in [0, 0.1) is 12.8 Å². The molecule has 2 unspecified atom stereocenters. The van der Waals surface area contributed by atoms with E-state index in [0.717, 1.165) is 24.0 Å². The van der Waals surface area contributed by atoms with Crippen molar-refractivity contribution in [3.63, 3.8) is 0 Å². The Morgan fingerprint density at radius 1 is 1.33 bits per heavy atom. The van der Waals surface area contributed by atoms with E-state index < -0.39 is 12.1 Å². The zero-order valence-electron chi connectivity index (χ0n) is 14.5. The molecule has 0 saturated carbocycles.